The smallest absolute Gasteiger partial charge is 0.256 e. The Morgan fingerprint density at radius 1 is 1.00 bits per heavy atom. The zero-order valence-electron chi connectivity index (χ0n) is 8.57. The van der Waals surface area contributed by atoms with E-state index in [1.807, 2.05) is 6.07 Å². The highest BCUT2D eigenvalue weighted by Gasteiger charge is 2.29. The average Bonchev–Trinajstić information content (AvgIpc) is 2.68. The predicted octanol–water partition coefficient (Wildman–Crippen LogP) is 2.75. The van der Waals surface area contributed by atoms with Crippen LogP contribution in [0.2, 0.25) is 0 Å². The zero-order valence-corrected chi connectivity index (χ0v) is 8.57. The molecule has 3 rings (SSSR count). The van der Waals surface area contributed by atoms with Crippen LogP contribution in [-0.2, 0) is 0 Å². The van der Waals surface area contributed by atoms with Crippen molar-refractivity contribution in [2.75, 3.05) is 4.90 Å². The number of nitrogens with zero attached hydrogens (tertiary/aromatic N) is 4. The Hall–Kier alpha value is -2.63. The third-order valence-corrected chi connectivity index (χ3v) is 2.45. The second kappa shape index (κ2) is 3.44. The van der Waals surface area contributed by atoms with E-state index in [1.54, 1.807) is 30.5 Å². The molecule has 0 spiro atoms. The van der Waals surface area contributed by atoms with Gasteiger partial charge in [-0.3, -0.25) is 4.98 Å². The fourth-order valence-electron chi connectivity index (χ4n) is 1.68. The van der Waals surface area contributed by atoms with Gasteiger partial charge in [0.2, 0.25) is 0 Å². The predicted molar refractivity (Wildman–Crippen MR) is 59.9 cm³/mol. The van der Waals surface area contributed by atoms with Gasteiger partial charge in [-0.1, -0.05) is 16.3 Å². The number of hydrogen-bond donors (Lipinski definition) is 0. The number of benzene rings is 1. The fraction of sp³-hybridized carbons (Fsp3) is 0. The van der Waals surface area contributed by atoms with Crippen LogP contribution in [0.4, 0.5) is 15.3 Å². The molecule has 1 aromatic carbocycles. The largest absolute Gasteiger partial charge is 0.375 e. The lowest BCUT2D eigenvalue weighted by Crippen LogP contribution is -2.27. The Bertz CT molecular complexity index is 647. The van der Waals surface area contributed by atoms with Crippen molar-refractivity contribution in [3.05, 3.63) is 36.5 Å². The van der Waals surface area contributed by atoms with Gasteiger partial charge in [0.25, 0.3) is 0 Å². The first kappa shape index (κ1) is 9.59. The summed E-state index contributed by atoms with van der Waals surface area (Å²) in [7, 11) is 0. The van der Waals surface area contributed by atoms with Crippen LogP contribution in [0.25, 0.3) is 10.9 Å². The molecule has 0 atom stereocenters. The first-order valence-corrected chi connectivity index (χ1v) is 4.90. The number of rotatable bonds is 1. The van der Waals surface area contributed by atoms with Gasteiger partial charge < -0.3 is 0 Å². The van der Waals surface area contributed by atoms with Crippen LogP contribution in [0.3, 0.4) is 0 Å². The molecule has 1 aliphatic rings. The van der Waals surface area contributed by atoms with Crippen LogP contribution in [0.1, 0.15) is 0 Å². The highest BCUT2D eigenvalue weighted by atomic mass is 16.2. The summed E-state index contributed by atoms with van der Waals surface area (Å²) in [5.74, 6) is 0. The van der Waals surface area contributed by atoms with E-state index < -0.39 is 12.1 Å². The van der Waals surface area contributed by atoms with Crippen molar-refractivity contribution in [3.63, 3.8) is 0 Å². The molecule has 4 amide bonds. The number of fused-ring (bicyclic) bond motifs is 1. The molecule has 17 heavy (non-hydrogen) atoms. The summed E-state index contributed by atoms with van der Waals surface area (Å²) >= 11 is 0. The molecule has 0 fully saturated rings. The Labute approximate surface area is 95.6 Å². The van der Waals surface area contributed by atoms with Crippen LogP contribution >= 0.6 is 0 Å². The van der Waals surface area contributed by atoms with E-state index in [0.717, 1.165) is 15.8 Å². The SMILES string of the molecule is O=C1N=NC(=O)N1c1ccc2ncccc2c1. The van der Waals surface area contributed by atoms with Crippen molar-refractivity contribution in [1.29, 1.82) is 0 Å². The molecule has 82 valence electrons. The van der Waals surface area contributed by atoms with Crippen LogP contribution in [0, 0.1) is 0 Å². The van der Waals surface area contributed by atoms with Gasteiger partial charge in [0.05, 0.1) is 11.2 Å². The van der Waals surface area contributed by atoms with Crippen molar-refractivity contribution in [2.24, 2.45) is 10.2 Å². The first-order valence-electron chi connectivity index (χ1n) is 4.90. The number of hydrogen-bond acceptors (Lipinski definition) is 3. The standard InChI is InChI=1S/C11H6N4O2/c16-10-13-14-11(17)15(10)8-3-4-9-7(6-8)2-1-5-12-9/h1-6H. The molecule has 6 nitrogen and oxygen atoms in total. The molecule has 1 aliphatic heterocycles. The Morgan fingerprint density at radius 2 is 1.76 bits per heavy atom. The van der Waals surface area contributed by atoms with E-state index in [9.17, 15) is 9.59 Å². The minimum absolute atomic E-state index is 0.450. The maximum atomic E-state index is 11.4. The van der Waals surface area contributed by atoms with Gasteiger partial charge in [-0.15, -0.1) is 0 Å². The Balaban J connectivity index is 2.12. The third kappa shape index (κ3) is 1.46. The summed E-state index contributed by atoms with van der Waals surface area (Å²) in [6, 6.07) is 7.38. The maximum Gasteiger partial charge on any atom is 0.375 e. The van der Waals surface area contributed by atoms with Crippen LogP contribution in [0.5, 0.6) is 0 Å². The fourth-order valence-corrected chi connectivity index (χ4v) is 1.68. The summed E-state index contributed by atoms with van der Waals surface area (Å²) in [4.78, 5) is 27.8. The molecule has 2 aromatic rings. The topological polar surface area (TPSA) is 75.0 Å². The second-order valence-electron chi connectivity index (χ2n) is 3.48. The van der Waals surface area contributed by atoms with Gasteiger partial charge in [0, 0.05) is 11.6 Å². The number of amides is 4. The first-order chi connectivity index (χ1) is 8.25. The second-order valence-corrected chi connectivity index (χ2v) is 3.48. The van der Waals surface area contributed by atoms with Crippen molar-refractivity contribution >= 4 is 28.7 Å². The molecule has 0 saturated carbocycles. The van der Waals surface area contributed by atoms with E-state index in [1.165, 1.54) is 0 Å². The number of anilines is 1. The number of urea groups is 2. The molecule has 0 saturated heterocycles. The molecule has 6 heteroatoms. The molecule has 2 heterocycles. The summed E-state index contributed by atoms with van der Waals surface area (Å²) in [6.07, 6.45) is 1.68. The van der Waals surface area contributed by atoms with Crippen molar-refractivity contribution in [3.8, 4) is 0 Å². The average molecular weight is 226 g/mol. The van der Waals surface area contributed by atoms with Crippen molar-refractivity contribution in [1.82, 2.24) is 4.98 Å². The van der Waals surface area contributed by atoms with Crippen LogP contribution in [0.15, 0.2) is 46.8 Å². The minimum Gasteiger partial charge on any atom is -0.256 e. The summed E-state index contributed by atoms with van der Waals surface area (Å²) in [6.45, 7) is 0. The number of aromatic nitrogens is 1. The number of carbonyl (C=O) groups is 2. The van der Waals surface area contributed by atoms with Gasteiger partial charge in [0.15, 0.2) is 0 Å². The number of imide groups is 1. The summed E-state index contributed by atoms with van der Waals surface area (Å²) in [5, 5.41) is 7.25. The van der Waals surface area contributed by atoms with Crippen LogP contribution in [-0.4, -0.2) is 17.0 Å². The van der Waals surface area contributed by atoms with Gasteiger partial charge in [0.1, 0.15) is 0 Å². The van der Waals surface area contributed by atoms with Crippen molar-refractivity contribution in [2.45, 2.75) is 0 Å². The number of azo groups is 1. The van der Waals surface area contributed by atoms with E-state index in [4.69, 9.17) is 0 Å². The van der Waals surface area contributed by atoms with Gasteiger partial charge >= 0.3 is 12.1 Å². The minimum atomic E-state index is -0.668. The van der Waals surface area contributed by atoms with Crippen LogP contribution < -0.4 is 4.90 Å². The maximum absolute atomic E-state index is 11.4. The van der Waals surface area contributed by atoms with E-state index >= 15 is 0 Å². The Kier molecular flexibility index (Phi) is 1.94. The molecule has 0 N–H and O–H groups in total. The molecule has 0 radical (unpaired) electrons. The molecule has 0 bridgehead atoms. The van der Waals surface area contributed by atoms with Gasteiger partial charge in [-0.25, -0.2) is 14.5 Å². The highest BCUT2D eigenvalue weighted by Crippen LogP contribution is 2.24. The lowest BCUT2D eigenvalue weighted by atomic mass is 10.2. The molecule has 0 aliphatic carbocycles. The van der Waals surface area contributed by atoms with Gasteiger partial charge in [-0.05, 0) is 24.3 Å². The third-order valence-electron chi connectivity index (χ3n) is 2.45. The quantitative estimate of drug-likeness (QED) is 0.750. The van der Waals surface area contributed by atoms with E-state index in [0.29, 0.717) is 5.69 Å². The normalized spacial score (nSPS) is 14.9. The van der Waals surface area contributed by atoms with E-state index in [-0.39, 0.29) is 0 Å². The van der Waals surface area contributed by atoms with E-state index in [2.05, 4.69) is 15.2 Å². The summed E-state index contributed by atoms with van der Waals surface area (Å²) in [5.41, 5.74) is 1.25. The molecule has 1 aromatic heterocycles. The van der Waals surface area contributed by atoms with Gasteiger partial charge in [-0.2, -0.15) is 0 Å². The number of carbonyl (C=O) groups excluding carboxylic acids is 2. The molecule has 0 unspecified atom stereocenters. The van der Waals surface area contributed by atoms with Crippen molar-refractivity contribution < 1.29 is 9.59 Å². The zero-order chi connectivity index (χ0) is 11.8. The highest BCUT2D eigenvalue weighted by molar-refractivity contribution is 6.17. The molecular formula is C11H6N4O2. The monoisotopic (exact) mass is 226 g/mol. The molecular weight excluding hydrogens is 220 g/mol. The lowest BCUT2D eigenvalue weighted by Gasteiger charge is -2.10. The lowest BCUT2D eigenvalue weighted by molar-refractivity contribution is 0.249. The Morgan fingerprint density at radius 3 is 2.53 bits per heavy atom. The summed E-state index contributed by atoms with van der Waals surface area (Å²) < 4.78 is 0. The number of pyridine rings is 1.